The highest BCUT2D eigenvalue weighted by molar-refractivity contribution is 5.40. The predicted octanol–water partition coefficient (Wildman–Crippen LogP) is 1.79. The molecule has 1 aromatic rings. The minimum atomic E-state index is 0.460. The molecule has 0 spiro atoms. The second kappa shape index (κ2) is 7.25. The first kappa shape index (κ1) is 13.9. The Bertz CT molecular complexity index is 313. The molecule has 0 bridgehead atoms. The van der Waals surface area contributed by atoms with E-state index in [2.05, 4.69) is 23.7 Å². The molecule has 0 aromatic carbocycles. The van der Waals surface area contributed by atoms with E-state index >= 15 is 0 Å². The summed E-state index contributed by atoms with van der Waals surface area (Å²) in [6.45, 7) is 6.49. The maximum absolute atomic E-state index is 5.57. The maximum atomic E-state index is 5.57. The predicted molar refractivity (Wildman–Crippen MR) is 71.1 cm³/mol. The van der Waals surface area contributed by atoms with Gasteiger partial charge in [0.2, 0.25) is 0 Å². The van der Waals surface area contributed by atoms with Crippen LogP contribution in [0.15, 0.2) is 18.3 Å². The van der Waals surface area contributed by atoms with Crippen LogP contribution in [0.4, 0.5) is 5.82 Å². The molecular weight excluding hydrogens is 214 g/mol. The van der Waals surface area contributed by atoms with Gasteiger partial charge in [-0.2, -0.15) is 0 Å². The van der Waals surface area contributed by atoms with Crippen molar-refractivity contribution in [3.8, 4) is 0 Å². The molecule has 0 fully saturated rings. The Hall–Kier alpha value is -1.13. The van der Waals surface area contributed by atoms with Crippen molar-refractivity contribution in [3.05, 3.63) is 23.9 Å². The lowest BCUT2D eigenvalue weighted by molar-refractivity contribution is 0.203. The summed E-state index contributed by atoms with van der Waals surface area (Å²) in [5, 5.41) is 0. The summed E-state index contributed by atoms with van der Waals surface area (Å²) < 4.78 is 5.14. The summed E-state index contributed by atoms with van der Waals surface area (Å²) in [5.74, 6) is 0.994. The Morgan fingerprint density at radius 1 is 1.47 bits per heavy atom. The number of nitrogens with two attached hydrogens (primary N) is 1. The Morgan fingerprint density at radius 3 is 2.71 bits per heavy atom. The third-order valence-electron chi connectivity index (χ3n) is 3.00. The van der Waals surface area contributed by atoms with E-state index in [9.17, 15) is 0 Å². The normalized spacial score (nSPS) is 12.5. The van der Waals surface area contributed by atoms with E-state index in [0.29, 0.717) is 19.2 Å². The molecule has 0 saturated heterocycles. The van der Waals surface area contributed by atoms with Crippen molar-refractivity contribution in [2.45, 2.75) is 32.9 Å². The minimum Gasteiger partial charge on any atom is -0.383 e. The van der Waals surface area contributed by atoms with Crippen LogP contribution in [0.3, 0.4) is 0 Å². The molecule has 1 unspecified atom stereocenters. The summed E-state index contributed by atoms with van der Waals surface area (Å²) >= 11 is 0. The third-order valence-corrected chi connectivity index (χ3v) is 3.00. The van der Waals surface area contributed by atoms with E-state index in [0.717, 1.165) is 24.3 Å². The van der Waals surface area contributed by atoms with Gasteiger partial charge in [-0.1, -0.05) is 13.0 Å². The van der Waals surface area contributed by atoms with Crippen LogP contribution in [0.25, 0.3) is 0 Å². The number of methoxy groups -OCH3 is 1. The zero-order chi connectivity index (χ0) is 12.7. The highest BCUT2D eigenvalue weighted by Gasteiger charge is 2.13. The van der Waals surface area contributed by atoms with Crippen LogP contribution in [0, 0.1) is 0 Å². The molecule has 2 N–H and O–H groups in total. The van der Waals surface area contributed by atoms with E-state index in [1.165, 1.54) is 0 Å². The first-order valence-electron chi connectivity index (χ1n) is 6.13. The quantitative estimate of drug-likeness (QED) is 0.785. The van der Waals surface area contributed by atoms with Crippen LogP contribution >= 0.6 is 0 Å². The van der Waals surface area contributed by atoms with Crippen molar-refractivity contribution in [1.29, 1.82) is 0 Å². The van der Waals surface area contributed by atoms with Crippen LogP contribution in [-0.2, 0) is 11.3 Å². The van der Waals surface area contributed by atoms with E-state index in [-0.39, 0.29) is 0 Å². The number of rotatable bonds is 7. The Kier molecular flexibility index (Phi) is 5.94. The van der Waals surface area contributed by atoms with E-state index in [1.54, 1.807) is 7.11 Å². The lowest BCUT2D eigenvalue weighted by atomic mass is 10.2. The monoisotopic (exact) mass is 237 g/mol. The van der Waals surface area contributed by atoms with Gasteiger partial charge in [0.25, 0.3) is 0 Å². The molecule has 1 aromatic heterocycles. The van der Waals surface area contributed by atoms with E-state index in [1.807, 2.05) is 18.3 Å². The number of ether oxygens (including phenoxy) is 1. The van der Waals surface area contributed by atoms with Gasteiger partial charge in [0, 0.05) is 32.4 Å². The third kappa shape index (κ3) is 3.98. The van der Waals surface area contributed by atoms with Gasteiger partial charge in [-0.25, -0.2) is 4.98 Å². The van der Waals surface area contributed by atoms with Gasteiger partial charge < -0.3 is 15.4 Å². The highest BCUT2D eigenvalue weighted by Crippen LogP contribution is 2.15. The van der Waals surface area contributed by atoms with Crippen molar-refractivity contribution >= 4 is 5.82 Å². The van der Waals surface area contributed by atoms with E-state index in [4.69, 9.17) is 10.5 Å². The molecule has 0 aliphatic carbocycles. The van der Waals surface area contributed by atoms with E-state index < -0.39 is 0 Å². The van der Waals surface area contributed by atoms with Crippen molar-refractivity contribution in [3.63, 3.8) is 0 Å². The largest absolute Gasteiger partial charge is 0.383 e. The fourth-order valence-corrected chi connectivity index (χ4v) is 1.68. The first-order valence-corrected chi connectivity index (χ1v) is 6.13. The number of pyridine rings is 1. The molecule has 0 aliphatic rings. The topological polar surface area (TPSA) is 51.4 Å². The molecule has 4 heteroatoms. The minimum absolute atomic E-state index is 0.460. The molecule has 0 amide bonds. The zero-order valence-electron chi connectivity index (χ0n) is 11.0. The molecule has 0 radical (unpaired) electrons. The molecule has 1 atom stereocenters. The Morgan fingerprint density at radius 2 is 2.24 bits per heavy atom. The molecule has 96 valence electrons. The summed E-state index contributed by atoms with van der Waals surface area (Å²) in [4.78, 5) is 6.73. The fraction of sp³-hybridized carbons (Fsp3) is 0.615. The summed E-state index contributed by atoms with van der Waals surface area (Å²) in [6.07, 6.45) is 2.93. The second-order valence-corrected chi connectivity index (χ2v) is 4.17. The molecule has 17 heavy (non-hydrogen) atoms. The standard InChI is InChI=1S/C13H23N3O/c1-4-11(2)16(7-8-17-3)13-6-5-12(9-14)10-15-13/h5-6,10-11H,4,7-9,14H2,1-3H3. The fourth-order valence-electron chi connectivity index (χ4n) is 1.68. The second-order valence-electron chi connectivity index (χ2n) is 4.17. The van der Waals surface area contributed by atoms with Crippen molar-refractivity contribution in [2.75, 3.05) is 25.2 Å². The molecular formula is C13H23N3O. The average molecular weight is 237 g/mol. The maximum Gasteiger partial charge on any atom is 0.128 e. The van der Waals surface area contributed by atoms with Gasteiger partial charge in [-0.05, 0) is 25.0 Å². The van der Waals surface area contributed by atoms with Crippen molar-refractivity contribution in [2.24, 2.45) is 5.73 Å². The summed E-state index contributed by atoms with van der Waals surface area (Å²) in [7, 11) is 1.72. The van der Waals surface area contributed by atoms with Crippen LogP contribution in [0.5, 0.6) is 0 Å². The van der Waals surface area contributed by atoms with Gasteiger partial charge in [0.15, 0.2) is 0 Å². The van der Waals surface area contributed by atoms with Crippen molar-refractivity contribution in [1.82, 2.24) is 4.98 Å². The van der Waals surface area contributed by atoms with Crippen LogP contribution in [-0.4, -0.2) is 31.3 Å². The van der Waals surface area contributed by atoms with Gasteiger partial charge in [0.1, 0.15) is 5.82 Å². The molecule has 4 nitrogen and oxygen atoms in total. The van der Waals surface area contributed by atoms with Crippen LogP contribution in [0.1, 0.15) is 25.8 Å². The van der Waals surface area contributed by atoms with Crippen LogP contribution in [0.2, 0.25) is 0 Å². The molecule has 1 rings (SSSR count). The molecule has 1 heterocycles. The van der Waals surface area contributed by atoms with Gasteiger partial charge in [-0.15, -0.1) is 0 Å². The average Bonchev–Trinajstić information content (AvgIpc) is 2.39. The zero-order valence-corrected chi connectivity index (χ0v) is 11.0. The Labute approximate surface area is 104 Å². The van der Waals surface area contributed by atoms with Gasteiger partial charge in [-0.3, -0.25) is 0 Å². The smallest absolute Gasteiger partial charge is 0.128 e. The van der Waals surface area contributed by atoms with Crippen LogP contribution < -0.4 is 10.6 Å². The SMILES string of the molecule is CCC(C)N(CCOC)c1ccc(CN)cn1. The Balaban J connectivity index is 2.79. The highest BCUT2D eigenvalue weighted by atomic mass is 16.5. The summed E-state index contributed by atoms with van der Waals surface area (Å²) in [5.41, 5.74) is 6.63. The molecule has 0 aliphatic heterocycles. The number of anilines is 1. The molecule has 0 saturated carbocycles. The lowest BCUT2D eigenvalue weighted by Crippen LogP contribution is -2.36. The number of nitrogens with zero attached hydrogens (tertiary/aromatic N) is 2. The number of aromatic nitrogens is 1. The lowest BCUT2D eigenvalue weighted by Gasteiger charge is -2.29. The van der Waals surface area contributed by atoms with Gasteiger partial charge in [0.05, 0.1) is 6.61 Å². The number of hydrogen-bond acceptors (Lipinski definition) is 4. The first-order chi connectivity index (χ1) is 8.22. The van der Waals surface area contributed by atoms with Crippen molar-refractivity contribution < 1.29 is 4.74 Å². The summed E-state index contributed by atoms with van der Waals surface area (Å²) in [6, 6.07) is 4.52. The van der Waals surface area contributed by atoms with Gasteiger partial charge >= 0.3 is 0 Å². The number of hydrogen-bond donors (Lipinski definition) is 1.